The van der Waals surface area contributed by atoms with Crippen LogP contribution in [-0.4, -0.2) is 57.2 Å². The fourth-order valence-electron chi connectivity index (χ4n) is 2.84. The van der Waals surface area contributed by atoms with Crippen LogP contribution in [0.15, 0.2) is 29.2 Å². The third-order valence-corrected chi connectivity index (χ3v) is 5.00. The van der Waals surface area contributed by atoms with E-state index in [4.69, 9.17) is 5.11 Å². The van der Waals surface area contributed by atoms with Gasteiger partial charge in [0, 0.05) is 12.6 Å². The average Bonchev–Trinajstić information content (AvgIpc) is 2.99. The molecule has 1 fully saturated rings. The first-order chi connectivity index (χ1) is 12.2. The van der Waals surface area contributed by atoms with E-state index >= 15 is 0 Å². The van der Waals surface area contributed by atoms with Gasteiger partial charge in [-0.1, -0.05) is 18.2 Å². The van der Waals surface area contributed by atoms with Gasteiger partial charge in [0.1, 0.15) is 6.04 Å². The van der Waals surface area contributed by atoms with Gasteiger partial charge in [0.05, 0.1) is 22.6 Å². The van der Waals surface area contributed by atoms with E-state index in [2.05, 4.69) is 0 Å². The molecule has 1 aromatic carbocycles. The Morgan fingerprint density at radius 3 is 2.38 bits per heavy atom. The normalized spacial score (nSPS) is 20.6. The maximum Gasteiger partial charge on any atom is 0.327 e. The highest BCUT2D eigenvalue weighted by molar-refractivity contribution is 8.18. The quantitative estimate of drug-likeness (QED) is 0.744. The van der Waals surface area contributed by atoms with Gasteiger partial charge in [0.15, 0.2) is 0 Å². The van der Waals surface area contributed by atoms with Crippen molar-refractivity contribution in [2.45, 2.75) is 12.5 Å². The van der Waals surface area contributed by atoms with Crippen molar-refractivity contribution in [2.75, 3.05) is 11.9 Å². The van der Waals surface area contributed by atoms with Gasteiger partial charge in [0.2, 0.25) is 0 Å². The Kier molecular flexibility index (Phi) is 4.28. The number of imide groups is 1. The van der Waals surface area contributed by atoms with E-state index in [1.165, 1.54) is 11.9 Å². The average molecular weight is 376 g/mol. The number of carboxylic acids is 2. The standard InChI is InChI=1S/C16H12N2O7S/c1-17-8-5-3-2-4-7(8)11(13(17)21)12-14(22)18(16(25)26-12)9(15(23)24)6-10(19)20/h2-5,9H,6H2,1H3,(H,19,20)(H,23,24). The fourth-order valence-corrected chi connectivity index (χ4v) is 3.81. The van der Waals surface area contributed by atoms with Crippen molar-refractivity contribution in [1.82, 2.24) is 4.90 Å². The number of nitrogens with zero attached hydrogens (tertiary/aromatic N) is 2. The molecule has 1 saturated heterocycles. The van der Waals surface area contributed by atoms with Crippen LogP contribution in [0.1, 0.15) is 12.0 Å². The molecule has 9 nitrogen and oxygen atoms in total. The lowest BCUT2D eigenvalue weighted by molar-refractivity contribution is -0.150. The van der Waals surface area contributed by atoms with Crippen LogP contribution in [0.3, 0.4) is 0 Å². The lowest BCUT2D eigenvalue weighted by Crippen LogP contribution is -2.45. The minimum Gasteiger partial charge on any atom is -0.481 e. The predicted octanol–water partition coefficient (Wildman–Crippen LogP) is 0.997. The number of anilines is 1. The van der Waals surface area contributed by atoms with Crippen LogP contribution >= 0.6 is 11.8 Å². The molecule has 3 rings (SSSR count). The summed E-state index contributed by atoms with van der Waals surface area (Å²) in [4.78, 5) is 61.2. The monoisotopic (exact) mass is 376 g/mol. The summed E-state index contributed by atoms with van der Waals surface area (Å²) in [6.45, 7) is 0. The van der Waals surface area contributed by atoms with Crippen molar-refractivity contribution < 1.29 is 34.2 Å². The Morgan fingerprint density at radius 1 is 1.12 bits per heavy atom. The molecule has 1 atom stereocenters. The van der Waals surface area contributed by atoms with Crippen molar-refractivity contribution in [3.63, 3.8) is 0 Å². The molecule has 0 radical (unpaired) electrons. The molecule has 3 amide bonds. The predicted molar refractivity (Wildman–Crippen MR) is 90.3 cm³/mol. The van der Waals surface area contributed by atoms with Crippen molar-refractivity contribution in [3.8, 4) is 0 Å². The van der Waals surface area contributed by atoms with E-state index in [0.29, 0.717) is 27.9 Å². The molecular formula is C16H12N2O7S. The third-order valence-electron chi connectivity index (χ3n) is 4.04. The number of carbonyl (C=O) groups excluding carboxylic acids is 3. The molecular weight excluding hydrogens is 364 g/mol. The summed E-state index contributed by atoms with van der Waals surface area (Å²) in [6, 6.07) is 4.83. The van der Waals surface area contributed by atoms with Crippen LogP contribution in [0, 0.1) is 0 Å². The van der Waals surface area contributed by atoms with Crippen LogP contribution in [0.25, 0.3) is 5.57 Å². The highest BCUT2D eigenvalue weighted by atomic mass is 32.2. The molecule has 0 saturated carbocycles. The number of likely N-dealkylation sites (N-methyl/N-ethyl adjacent to an activating group) is 1. The van der Waals surface area contributed by atoms with Gasteiger partial charge in [-0.15, -0.1) is 0 Å². The van der Waals surface area contributed by atoms with E-state index in [9.17, 15) is 29.1 Å². The molecule has 0 bridgehead atoms. The number of benzene rings is 1. The molecule has 2 heterocycles. The van der Waals surface area contributed by atoms with Gasteiger partial charge in [-0.3, -0.25) is 24.1 Å². The highest BCUT2D eigenvalue weighted by Gasteiger charge is 2.47. The molecule has 134 valence electrons. The minimum atomic E-state index is -1.84. The van der Waals surface area contributed by atoms with Gasteiger partial charge >= 0.3 is 11.9 Å². The number of fused-ring (bicyclic) bond motifs is 1. The smallest absolute Gasteiger partial charge is 0.327 e. The number of para-hydroxylation sites is 1. The Balaban J connectivity index is 2.09. The van der Waals surface area contributed by atoms with E-state index in [1.807, 2.05) is 0 Å². The molecule has 10 heteroatoms. The van der Waals surface area contributed by atoms with Gasteiger partial charge in [-0.05, 0) is 17.8 Å². The molecule has 0 spiro atoms. The Hall–Kier alpha value is -3.14. The largest absolute Gasteiger partial charge is 0.481 e. The van der Waals surface area contributed by atoms with Crippen LogP contribution in [0.2, 0.25) is 0 Å². The first kappa shape index (κ1) is 17.7. The number of thioether (sulfide) groups is 1. The Morgan fingerprint density at radius 2 is 1.77 bits per heavy atom. The second-order valence-corrected chi connectivity index (χ2v) is 6.54. The number of hydrogen-bond acceptors (Lipinski definition) is 6. The van der Waals surface area contributed by atoms with Gasteiger partial charge in [-0.2, -0.15) is 0 Å². The number of hydrogen-bond donors (Lipinski definition) is 2. The fraction of sp³-hybridized carbons (Fsp3) is 0.188. The summed E-state index contributed by atoms with van der Waals surface area (Å²) in [6.07, 6.45) is -0.930. The van der Waals surface area contributed by atoms with E-state index in [1.54, 1.807) is 24.3 Å². The molecule has 1 aromatic rings. The zero-order valence-electron chi connectivity index (χ0n) is 13.3. The Labute approximate surface area is 150 Å². The Bertz CT molecular complexity index is 908. The highest BCUT2D eigenvalue weighted by Crippen LogP contribution is 2.44. The summed E-state index contributed by atoms with van der Waals surface area (Å²) in [5, 5.41) is 17.1. The SMILES string of the molecule is CN1C(=O)C(=C2SC(=O)N(C(CC(=O)O)C(=O)O)C2=O)c2ccccc21. The molecule has 1 unspecified atom stereocenters. The van der Waals surface area contributed by atoms with Crippen LogP contribution in [0.4, 0.5) is 10.5 Å². The first-order valence-electron chi connectivity index (χ1n) is 7.35. The number of rotatable bonds is 4. The van der Waals surface area contributed by atoms with Crippen molar-refractivity contribution in [1.29, 1.82) is 0 Å². The number of amides is 3. The maximum absolute atomic E-state index is 12.7. The van der Waals surface area contributed by atoms with Crippen molar-refractivity contribution in [3.05, 3.63) is 34.7 Å². The van der Waals surface area contributed by atoms with Crippen LogP contribution < -0.4 is 4.90 Å². The van der Waals surface area contributed by atoms with Crippen molar-refractivity contribution >= 4 is 52.0 Å². The minimum absolute atomic E-state index is 0.00779. The number of carboxylic acid groups (broad SMARTS) is 2. The zero-order chi connectivity index (χ0) is 19.2. The lowest BCUT2D eigenvalue weighted by atomic mass is 10.1. The molecule has 0 aromatic heterocycles. The molecule has 2 aliphatic rings. The summed E-state index contributed by atoms with van der Waals surface area (Å²) in [5.41, 5.74) is 1.02. The van der Waals surface area contributed by atoms with Crippen LogP contribution in [-0.2, 0) is 19.2 Å². The second kappa shape index (κ2) is 6.30. The van der Waals surface area contributed by atoms with E-state index < -0.39 is 41.5 Å². The topological polar surface area (TPSA) is 132 Å². The van der Waals surface area contributed by atoms with Crippen LogP contribution in [0.5, 0.6) is 0 Å². The summed E-state index contributed by atoms with van der Waals surface area (Å²) >= 11 is 0.435. The van der Waals surface area contributed by atoms with Crippen molar-refractivity contribution in [2.24, 2.45) is 0 Å². The number of aliphatic carboxylic acids is 2. The number of carbonyl (C=O) groups is 5. The molecule has 2 aliphatic heterocycles. The zero-order valence-corrected chi connectivity index (χ0v) is 14.1. The van der Waals surface area contributed by atoms with Gasteiger partial charge < -0.3 is 15.1 Å². The summed E-state index contributed by atoms with van der Waals surface area (Å²) in [5.74, 6) is -4.56. The third kappa shape index (κ3) is 2.64. The van der Waals surface area contributed by atoms with Gasteiger partial charge in [-0.25, -0.2) is 4.79 Å². The second-order valence-electron chi connectivity index (χ2n) is 5.58. The molecule has 2 N–H and O–H groups in total. The lowest BCUT2D eigenvalue weighted by Gasteiger charge is -2.19. The summed E-state index contributed by atoms with van der Waals surface area (Å²) < 4.78 is 0. The van der Waals surface area contributed by atoms with E-state index in [0.717, 1.165) is 0 Å². The first-order valence-corrected chi connectivity index (χ1v) is 8.17. The van der Waals surface area contributed by atoms with Gasteiger partial charge in [0.25, 0.3) is 17.1 Å². The maximum atomic E-state index is 12.7. The summed E-state index contributed by atoms with van der Waals surface area (Å²) in [7, 11) is 1.52. The molecule has 0 aliphatic carbocycles. The molecule has 26 heavy (non-hydrogen) atoms. The van der Waals surface area contributed by atoms with E-state index in [-0.39, 0.29) is 10.5 Å².